The van der Waals surface area contributed by atoms with E-state index in [2.05, 4.69) is 78.5 Å². The summed E-state index contributed by atoms with van der Waals surface area (Å²) in [5, 5.41) is 10.7. The number of benzene rings is 1. The van der Waals surface area contributed by atoms with Gasteiger partial charge in [-0.3, -0.25) is 9.59 Å². The van der Waals surface area contributed by atoms with E-state index in [-0.39, 0.29) is 27.6 Å². The van der Waals surface area contributed by atoms with E-state index in [1.54, 1.807) is 0 Å². The first-order chi connectivity index (χ1) is 20.3. The highest BCUT2D eigenvalue weighted by Crippen LogP contribution is 2.77. The van der Waals surface area contributed by atoms with Crippen LogP contribution in [0.25, 0.3) is 5.57 Å². The Morgan fingerprint density at radius 3 is 2.33 bits per heavy atom. The second-order valence-electron chi connectivity index (χ2n) is 16.6. The molecule has 0 aromatic heterocycles. The summed E-state index contributed by atoms with van der Waals surface area (Å²) in [6.07, 6.45) is 13.0. The highest BCUT2D eigenvalue weighted by Gasteiger charge is 2.71. The van der Waals surface area contributed by atoms with Gasteiger partial charge in [0.25, 0.3) is 6.47 Å². The maximum Gasteiger partial charge on any atom is 0.309 e. The SMILES string of the molecule is C=C(C)[C@@H]1CC[C@]2(C(=O)O)CC[C@]3(C)[C@H](CC[C@@H]4[C@@]5(C)CC=C(c6ccc(CCOC=O)cc6)C(C)(C)[C@@H]5CC[C@]43C)[C@@H]12. The molecule has 43 heavy (non-hydrogen) atoms. The third-order valence-corrected chi connectivity index (χ3v) is 14.9. The number of carbonyl (C=O) groups excluding carboxylic acids is 1. The number of hydrogen-bond donors (Lipinski definition) is 1. The lowest BCUT2D eigenvalue weighted by molar-refractivity contribution is -0.227. The molecule has 4 fully saturated rings. The van der Waals surface area contributed by atoms with Gasteiger partial charge in [-0.2, -0.15) is 0 Å². The Bertz CT molecular complexity index is 1320. The average Bonchev–Trinajstić information content (AvgIpc) is 3.36. The molecule has 9 atom stereocenters. The lowest BCUT2D eigenvalue weighted by Gasteiger charge is -2.72. The van der Waals surface area contributed by atoms with Crippen LogP contribution in [-0.2, 0) is 20.7 Å². The minimum absolute atomic E-state index is 0.0652. The van der Waals surface area contributed by atoms with E-state index in [0.717, 1.165) is 44.9 Å². The zero-order valence-electron chi connectivity index (χ0n) is 27.5. The van der Waals surface area contributed by atoms with Crippen LogP contribution >= 0.6 is 0 Å². The highest BCUT2D eigenvalue weighted by molar-refractivity contribution is 5.76. The number of carboxylic acids is 1. The Hall–Kier alpha value is -2.36. The molecule has 4 heteroatoms. The van der Waals surface area contributed by atoms with Crippen molar-refractivity contribution in [1.82, 2.24) is 0 Å². The molecule has 234 valence electrons. The standard InChI is InChI=1S/C39H54O4/c1-25(2)28-14-20-39(34(41)42)22-21-37(6)30(33(28)39)12-13-32-36(5)18-15-29(35(3,4)31(36)16-19-38(32,37)7)27-10-8-26(9-11-27)17-23-43-24-40/h8-11,15,24,28,30-33H,1,12-14,16-23H2,2-7H3,(H,41,42)/t28-,30+,31-,32+,33+,36-,37+,38+,39-/m0/s1. The van der Waals surface area contributed by atoms with Gasteiger partial charge < -0.3 is 9.84 Å². The molecule has 0 amide bonds. The topological polar surface area (TPSA) is 63.6 Å². The summed E-state index contributed by atoms with van der Waals surface area (Å²) in [6, 6.07) is 8.91. The van der Waals surface area contributed by atoms with E-state index in [0.29, 0.717) is 36.8 Å². The molecule has 1 aromatic rings. The minimum atomic E-state index is -0.556. The van der Waals surface area contributed by atoms with Crippen LogP contribution in [0.4, 0.5) is 0 Å². The molecule has 0 spiro atoms. The molecule has 1 N–H and O–H groups in total. The van der Waals surface area contributed by atoms with E-state index in [1.807, 2.05) is 0 Å². The molecule has 5 aliphatic rings. The van der Waals surface area contributed by atoms with E-state index in [9.17, 15) is 14.7 Å². The van der Waals surface area contributed by atoms with Gasteiger partial charge >= 0.3 is 5.97 Å². The van der Waals surface area contributed by atoms with Crippen molar-refractivity contribution in [2.45, 2.75) is 106 Å². The van der Waals surface area contributed by atoms with Gasteiger partial charge in [-0.05, 0) is 133 Å². The predicted molar refractivity (Wildman–Crippen MR) is 172 cm³/mol. The van der Waals surface area contributed by atoms with Crippen molar-refractivity contribution in [3.05, 3.63) is 53.6 Å². The summed E-state index contributed by atoms with van der Waals surface area (Å²) in [7, 11) is 0. The Morgan fingerprint density at radius 1 is 0.953 bits per heavy atom. The number of rotatable bonds is 7. The van der Waals surface area contributed by atoms with Crippen LogP contribution in [-0.4, -0.2) is 24.2 Å². The molecule has 4 saturated carbocycles. The van der Waals surface area contributed by atoms with Crippen molar-refractivity contribution >= 4 is 18.0 Å². The zero-order valence-corrected chi connectivity index (χ0v) is 27.5. The number of carbonyl (C=O) groups is 2. The maximum absolute atomic E-state index is 12.9. The molecule has 0 radical (unpaired) electrons. The molecular weight excluding hydrogens is 532 g/mol. The maximum atomic E-state index is 12.9. The fraction of sp³-hybridized carbons (Fsp3) is 0.692. The molecule has 5 aliphatic carbocycles. The van der Waals surface area contributed by atoms with Gasteiger partial charge in [0.1, 0.15) is 0 Å². The van der Waals surface area contributed by atoms with Crippen molar-refractivity contribution in [3.63, 3.8) is 0 Å². The van der Waals surface area contributed by atoms with Gasteiger partial charge in [0.15, 0.2) is 0 Å². The van der Waals surface area contributed by atoms with Gasteiger partial charge in [0.2, 0.25) is 0 Å². The molecular formula is C39H54O4. The Kier molecular flexibility index (Phi) is 7.38. The van der Waals surface area contributed by atoms with Crippen LogP contribution in [0.2, 0.25) is 0 Å². The Morgan fingerprint density at radius 2 is 1.67 bits per heavy atom. The van der Waals surface area contributed by atoms with E-state index < -0.39 is 11.4 Å². The summed E-state index contributed by atoms with van der Waals surface area (Å²) in [4.78, 5) is 23.5. The zero-order chi connectivity index (χ0) is 31.0. The normalized spacial score (nSPS) is 42.8. The number of aliphatic carboxylic acids is 1. The third kappa shape index (κ3) is 4.20. The Labute approximate surface area is 259 Å². The average molecular weight is 587 g/mol. The summed E-state index contributed by atoms with van der Waals surface area (Å²) in [6.45, 7) is 20.3. The van der Waals surface area contributed by atoms with Crippen molar-refractivity contribution in [1.29, 1.82) is 0 Å². The van der Waals surface area contributed by atoms with E-state index in [4.69, 9.17) is 4.74 Å². The molecule has 0 heterocycles. The number of ether oxygens (including phenoxy) is 1. The molecule has 0 unspecified atom stereocenters. The molecule has 0 bridgehead atoms. The monoisotopic (exact) mass is 586 g/mol. The molecule has 1 aromatic carbocycles. The van der Waals surface area contributed by atoms with Crippen molar-refractivity contribution in [2.75, 3.05) is 6.61 Å². The molecule has 4 nitrogen and oxygen atoms in total. The van der Waals surface area contributed by atoms with Crippen LogP contribution in [0.5, 0.6) is 0 Å². The predicted octanol–water partition coefficient (Wildman–Crippen LogP) is 9.14. The first-order valence-corrected chi connectivity index (χ1v) is 17.0. The second-order valence-corrected chi connectivity index (χ2v) is 16.6. The van der Waals surface area contributed by atoms with Crippen LogP contribution < -0.4 is 0 Å². The van der Waals surface area contributed by atoms with Crippen LogP contribution in [0.15, 0.2) is 42.5 Å². The Balaban J connectivity index is 1.32. The second kappa shape index (κ2) is 10.3. The quantitative estimate of drug-likeness (QED) is 0.197. The number of fused-ring (bicyclic) bond motifs is 7. The first-order valence-electron chi connectivity index (χ1n) is 17.0. The highest BCUT2D eigenvalue weighted by atomic mass is 16.5. The summed E-state index contributed by atoms with van der Waals surface area (Å²) < 4.78 is 4.91. The largest absolute Gasteiger partial charge is 0.481 e. The van der Waals surface area contributed by atoms with Crippen molar-refractivity contribution < 1.29 is 19.4 Å². The van der Waals surface area contributed by atoms with Crippen LogP contribution in [0, 0.1) is 56.7 Å². The molecule has 0 saturated heterocycles. The third-order valence-electron chi connectivity index (χ3n) is 14.9. The molecule has 6 rings (SSSR count). The summed E-state index contributed by atoms with van der Waals surface area (Å²) in [5.41, 5.74) is 5.30. The van der Waals surface area contributed by atoms with E-state index in [1.165, 1.54) is 41.5 Å². The van der Waals surface area contributed by atoms with Crippen LogP contribution in [0.3, 0.4) is 0 Å². The lowest BCUT2D eigenvalue weighted by Crippen LogP contribution is -2.65. The lowest BCUT2D eigenvalue weighted by atomic mass is 9.32. The molecule has 0 aliphatic heterocycles. The fourth-order valence-corrected chi connectivity index (χ4v) is 12.7. The van der Waals surface area contributed by atoms with Gasteiger partial charge in [-0.1, -0.05) is 77.1 Å². The first kappa shape index (κ1) is 30.7. The number of allylic oxidation sites excluding steroid dienone is 3. The van der Waals surface area contributed by atoms with E-state index >= 15 is 0 Å². The van der Waals surface area contributed by atoms with Gasteiger partial charge in [0, 0.05) is 6.42 Å². The smallest absolute Gasteiger partial charge is 0.309 e. The van der Waals surface area contributed by atoms with Crippen molar-refractivity contribution in [3.8, 4) is 0 Å². The van der Waals surface area contributed by atoms with Crippen LogP contribution in [0.1, 0.15) is 110 Å². The summed E-state index contributed by atoms with van der Waals surface area (Å²) in [5.74, 6) is 1.73. The summed E-state index contributed by atoms with van der Waals surface area (Å²) >= 11 is 0. The fourth-order valence-electron chi connectivity index (χ4n) is 12.7. The van der Waals surface area contributed by atoms with Gasteiger partial charge in [0.05, 0.1) is 12.0 Å². The van der Waals surface area contributed by atoms with Crippen molar-refractivity contribution in [2.24, 2.45) is 56.7 Å². The number of carboxylic acid groups (broad SMARTS) is 1. The van der Waals surface area contributed by atoms with Gasteiger partial charge in [-0.15, -0.1) is 0 Å². The minimum Gasteiger partial charge on any atom is -0.481 e. The van der Waals surface area contributed by atoms with Gasteiger partial charge in [-0.25, -0.2) is 0 Å². The number of hydrogen-bond acceptors (Lipinski definition) is 3.